The maximum Gasteiger partial charge on any atom is 0.231 e. The Bertz CT molecular complexity index is 544. The maximum absolute atomic E-state index is 12.3. The number of carbonyl (C=O) groups is 2. The number of anilines is 2. The molecule has 1 saturated heterocycles. The molecule has 1 saturated carbocycles. The van der Waals surface area contributed by atoms with Gasteiger partial charge in [-0.1, -0.05) is 6.42 Å². The molecular weight excluding hydrogens is 266 g/mol. The molecule has 1 aromatic carbocycles. The third kappa shape index (κ3) is 2.53. The normalized spacial score (nSPS) is 20.2. The zero-order valence-corrected chi connectivity index (χ0v) is 12.1. The molecule has 2 amide bonds. The molecule has 0 spiro atoms. The molecule has 3 rings (SSSR count). The summed E-state index contributed by atoms with van der Waals surface area (Å²) < 4.78 is 0. The van der Waals surface area contributed by atoms with Crippen molar-refractivity contribution in [2.24, 2.45) is 11.1 Å². The van der Waals surface area contributed by atoms with Gasteiger partial charge in [-0.15, -0.1) is 0 Å². The maximum atomic E-state index is 12.3. The summed E-state index contributed by atoms with van der Waals surface area (Å²) in [6.45, 7) is 1.18. The molecule has 1 aliphatic heterocycles. The fourth-order valence-corrected chi connectivity index (χ4v) is 3.04. The summed E-state index contributed by atoms with van der Waals surface area (Å²) in [5.74, 6) is 0.185. The number of nitrogens with zero attached hydrogens (tertiary/aromatic N) is 1. The van der Waals surface area contributed by atoms with Crippen LogP contribution in [0.2, 0.25) is 0 Å². The standard InChI is InChI=1S/C16H21N3O2/c17-11-16(8-2-9-16)15(21)18-12-4-6-13(7-5-12)19-10-1-3-14(19)20/h4-7H,1-3,8-11,17H2,(H,18,21). The second-order valence-electron chi connectivity index (χ2n) is 5.99. The molecule has 0 atom stereocenters. The number of nitrogens with two attached hydrogens (primary N) is 1. The summed E-state index contributed by atoms with van der Waals surface area (Å²) in [7, 11) is 0. The Morgan fingerprint density at radius 1 is 1.24 bits per heavy atom. The second kappa shape index (κ2) is 5.48. The first-order chi connectivity index (χ1) is 10.1. The highest BCUT2D eigenvalue weighted by Crippen LogP contribution is 2.40. The Morgan fingerprint density at radius 3 is 2.43 bits per heavy atom. The third-order valence-electron chi connectivity index (χ3n) is 4.69. The number of nitrogens with one attached hydrogen (secondary N) is 1. The Kier molecular flexibility index (Phi) is 3.68. The molecule has 1 heterocycles. The molecule has 21 heavy (non-hydrogen) atoms. The molecular formula is C16H21N3O2. The van der Waals surface area contributed by atoms with Crippen molar-refractivity contribution in [1.29, 1.82) is 0 Å². The number of hydrogen-bond donors (Lipinski definition) is 2. The molecule has 0 aromatic heterocycles. The van der Waals surface area contributed by atoms with Gasteiger partial charge in [0.15, 0.2) is 0 Å². The molecule has 1 aliphatic carbocycles. The monoisotopic (exact) mass is 287 g/mol. The topological polar surface area (TPSA) is 75.4 Å². The summed E-state index contributed by atoms with van der Waals surface area (Å²) in [6.07, 6.45) is 4.35. The zero-order valence-electron chi connectivity index (χ0n) is 12.1. The predicted molar refractivity (Wildman–Crippen MR) is 82.0 cm³/mol. The van der Waals surface area contributed by atoms with Crippen LogP contribution >= 0.6 is 0 Å². The Labute approximate surface area is 124 Å². The molecule has 1 aromatic rings. The van der Waals surface area contributed by atoms with Crippen molar-refractivity contribution in [2.75, 3.05) is 23.3 Å². The van der Waals surface area contributed by atoms with Crippen LogP contribution in [-0.2, 0) is 9.59 Å². The lowest BCUT2D eigenvalue weighted by Gasteiger charge is -2.39. The van der Waals surface area contributed by atoms with E-state index >= 15 is 0 Å². The van der Waals surface area contributed by atoms with Gasteiger partial charge >= 0.3 is 0 Å². The van der Waals surface area contributed by atoms with Gasteiger partial charge in [-0.3, -0.25) is 9.59 Å². The van der Waals surface area contributed by atoms with Crippen molar-refractivity contribution in [1.82, 2.24) is 0 Å². The number of rotatable bonds is 4. The highest BCUT2D eigenvalue weighted by molar-refractivity contribution is 5.97. The molecule has 0 bridgehead atoms. The van der Waals surface area contributed by atoms with Crippen molar-refractivity contribution in [3.8, 4) is 0 Å². The first-order valence-electron chi connectivity index (χ1n) is 7.57. The minimum Gasteiger partial charge on any atom is -0.329 e. The van der Waals surface area contributed by atoms with Crippen LogP contribution in [-0.4, -0.2) is 24.9 Å². The molecule has 112 valence electrons. The van der Waals surface area contributed by atoms with E-state index in [2.05, 4.69) is 5.32 Å². The van der Waals surface area contributed by atoms with Crippen molar-refractivity contribution in [2.45, 2.75) is 32.1 Å². The van der Waals surface area contributed by atoms with E-state index in [1.54, 1.807) is 4.90 Å². The first kappa shape index (κ1) is 14.1. The van der Waals surface area contributed by atoms with E-state index in [0.717, 1.165) is 43.6 Å². The van der Waals surface area contributed by atoms with E-state index in [9.17, 15) is 9.59 Å². The van der Waals surface area contributed by atoms with E-state index in [4.69, 9.17) is 5.73 Å². The molecule has 2 aliphatic rings. The number of benzene rings is 1. The lowest BCUT2D eigenvalue weighted by Crippen LogP contribution is -2.47. The highest BCUT2D eigenvalue weighted by atomic mass is 16.2. The SMILES string of the molecule is NCC1(C(=O)Nc2ccc(N3CCCC3=O)cc2)CCC1. The summed E-state index contributed by atoms with van der Waals surface area (Å²) in [6, 6.07) is 7.47. The largest absolute Gasteiger partial charge is 0.329 e. The van der Waals surface area contributed by atoms with Gasteiger partial charge in [-0.2, -0.15) is 0 Å². The van der Waals surface area contributed by atoms with Gasteiger partial charge in [0.1, 0.15) is 0 Å². The lowest BCUT2D eigenvalue weighted by atomic mass is 9.68. The quantitative estimate of drug-likeness (QED) is 0.888. The van der Waals surface area contributed by atoms with Crippen LogP contribution in [0, 0.1) is 5.41 Å². The van der Waals surface area contributed by atoms with Crippen LogP contribution in [0.3, 0.4) is 0 Å². The van der Waals surface area contributed by atoms with Gasteiger partial charge in [0.2, 0.25) is 11.8 Å². The summed E-state index contributed by atoms with van der Waals surface area (Å²) >= 11 is 0. The van der Waals surface area contributed by atoms with Crippen molar-refractivity contribution < 1.29 is 9.59 Å². The smallest absolute Gasteiger partial charge is 0.231 e. The summed E-state index contributed by atoms with van der Waals surface area (Å²) in [5.41, 5.74) is 7.02. The van der Waals surface area contributed by atoms with Gasteiger partial charge in [0.25, 0.3) is 0 Å². The van der Waals surface area contributed by atoms with Gasteiger partial charge < -0.3 is 16.0 Å². The molecule has 0 unspecified atom stereocenters. The molecule has 5 nitrogen and oxygen atoms in total. The average Bonchev–Trinajstić information content (AvgIpc) is 2.85. The van der Waals surface area contributed by atoms with Crippen molar-refractivity contribution in [3.63, 3.8) is 0 Å². The second-order valence-corrected chi connectivity index (χ2v) is 5.99. The predicted octanol–water partition coefficient (Wildman–Crippen LogP) is 1.88. The van der Waals surface area contributed by atoms with Crippen LogP contribution in [0.1, 0.15) is 32.1 Å². The Morgan fingerprint density at radius 2 is 1.95 bits per heavy atom. The van der Waals surface area contributed by atoms with E-state index < -0.39 is 0 Å². The molecule has 2 fully saturated rings. The van der Waals surface area contributed by atoms with Crippen LogP contribution in [0.4, 0.5) is 11.4 Å². The zero-order chi connectivity index (χ0) is 14.9. The first-order valence-corrected chi connectivity index (χ1v) is 7.57. The third-order valence-corrected chi connectivity index (χ3v) is 4.69. The highest BCUT2D eigenvalue weighted by Gasteiger charge is 2.42. The van der Waals surface area contributed by atoms with Crippen LogP contribution in [0.15, 0.2) is 24.3 Å². The molecule has 0 radical (unpaired) electrons. The van der Waals surface area contributed by atoms with Crippen LogP contribution in [0.25, 0.3) is 0 Å². The molecule has 3 N–H and O–H groups in total. The minimum absolute atomic E-state index is 0.0150. The van der Waals surface area contributed by atoms with Gasteiger partial charge in [0.05, 0.1) is 5.41 Å². The van der Waals surface area contributed by atoms with Crippen LogP contribution in [0.5, 0.6) is 0 Å². The Balaban J connectivity index is 1.67. The van der Waals surface area contributed by atoms with Crippen molar-refractivity contribution in [3.05, 3.63) is 24.3 Å². The van der Waals surface area contributed by atoms with Gasteiger partial charge in [0, 0.05) is 30.9 Å². The van der Waals surface area contributed by atoms with E-state index in [0.29, 0.717) is 13.0 Å². The van der Waals surface area contributed by atoms with E-state index in [1.165, 1.54) is 0 Å². The fraction of sp³-hybridized carbons (Fsp3) is 0.500. The number of carbonyl (C=O) groups excluding carboxylic acids is 2. The van der Waals surface area contributed by atoms with Gasteiger partial charge in [-0.05, 0) is 43.5 Å². The fourth-order valence-electron chi connectivity index (χ4n) is 3.04. The number of hydrogen-bond acceptors (Lipinski definition) is 3. The number of amides is 2. The lowest BCUT2D eigenvalue weighted by molar-refractivity contribution is -0.129. The minimum atomic E-state index is -0.371. The van der Waals surface area contributed by atoms with Gasteiger partial charge in [-0.25, -0.2) is 0 Å². The van der Waals surface area contributed by atoms with Crippen LogP contribution < -0.4 is 16.0 Å². The average molecular weight is 287 g/mol. The summed E-state index contributed by atoms with van der Waals surface area (Å²) in [5, 5.41) is 2.94. The Hall–Kier alpha value is -1.88. The van der Waals surface area contributed by atoms with E-state index in [1.807, 2.05) is 24.3 Å². The summed E-state index contributed by atoms with van der Waals surface area (Å²) in [4.78, 5) is 25.8. The van der Waals surface area contributed by atoms with Crippen molar-refractivity contribution >= 4 is 23.2 Å². The molecule has 5 heteroatoms. The van der Waals surface area contributed by atoms with E-state index in [-0.39, 0.29) is 17.2 Å².